The first-order valence-corrected chi connectivity index (χ1v) is 12.7. The molecule has 1 saturated carbocycles. The Morgan fingerprint density at radius 2 is 1.37 bits per heavy atom. The zero-order valence-electron chi connectivity index (χ0n) is 23.1. The lowest BCUT2D eigenvalue weighted by Crippen LogP contribution is -2.38. The SMILES string of the molecule is CC.CC.CC(=O)CCNC(=O)C(C)C1CCC(NC(=O)CN)C1.CNC(C)=O.c1ccccc1. The van der Waals surface area contributed by atoms with Crippen LogP contribution < -0.4 is 21.7 Å². The maximum absolute atomic E-state index is 12.0. The molecule has 35 heavy (non-hydrogen) atoms. The van der Waals surface area contributed by atoms with Gasteiger partial charge in [0.15, 0.2) is 0 Å². The molecule has 3 unspecified atom stereocenters. The molecular formula is C27H50N4O4. The van der Waals surface area contributed by atoms with Crippen molar-refractivity contribution < 1.29 is 19.2 Å². The Kier molecular flexibility index (Phi) is 27.2. The minimum absolute atomic E-state index is 0.00223. The fraction of sp³-hybridized carbons (Fsp3) is 0.630. The van der Waals surface area contributed by atoms with Gasteiger partial charge in [-0.2, -0.15) is 0 Å². The summed E-state index contributed by atoms with van der Waals surface area (Å²) in [6.45, 7) is 13.3. The summed E-state index contributed by atoms with van der Waals surface area (Å²) in [7, 11) is 1.60. The molecule has 1 aromatic carbocycles. The molecular weight excluding hydrogens is 444 g/mol. The van der Waals surface area contributed by atoms with E-state index < -0.39 is 0 Å². The van der Waals surface area contributed by atoms with Crippen LogP contribution in [0.15, 0.2) is 36.4 Å². The second-order valence-electron chi connectivity index (χ2n) is 7.53. The van der Waals surface area contributed by atoms with Gasteiger partial charge in [0.2, 0.25) is 17.7 Å². The van der Waals surface area contributed by atoms with Gasteiger partial charge in [0, 0.05) is 38.9 Å². The standard InChI is InChI=1S/C14H25N3O3.C6H6.C3H7NO.2C2H6/c1-9(18)5-6-16-14(20)10(2)11-3-4-12(7-11)17-13(19)8-15;1-2-4-6-5-3-1;1-3(5)4-2;2*1-2/h10-12H,3-8,15H2,1-2H3,(H,16,20)(H,17,19);1-6H;1-2H3,(H,4,5);2*1-2H3. The normalized spacial score (nSPS) is 15.9. The molecule has 0 heterocycles. The maximum atomic E-state index is 12.0. The Bertz CT molecular complexity index is 642. The Morgan fingerprint density at radius 3 is 1.74 bits per heavy atom. The first-order valence-electron chi connectivity index (χ1n) is 12.7. The molecule has 3 atom stereocenters. The van der Waals surface area contributed by atoms with Gasteiger partial charge in [0.25, 0.3) is 0 Å². The molecule has 3 amide bonds. The third-order valence-electron chi connectivity index (χ3n) is 4.94. The van der Waals surface area contributed by atoms with Crippen molar-refractivity contribution >= 4 is 23.5 Å². The van der Waals surface area contributed by atoms with Crippen LogP contribution in [0.1, 0.15) is 74.1 Å². The second kappa shape index (κ2) is 25.9. The van der Waals surface area contributed by atoms with Gasteiger partial charge in [0.1, 0.15) is 5.78 Å². The Labute approximate surface area is 213 Å². The quantitative estimate of drug-likeness (QED) is 0.461. The van der Waals surface area contributed by atoms with Crippen LogP contribution in [0.3, 0.4) is 0 Å². The van der Waals surface area contributed by atoms with Gasteiger partial charge in [-0.1, -0.05) is 71.0 Å². The maximum Gasteiger partial charge on any atom is 0.233 e. The summed E-state index contributed by atoms with van der Waals surface area (Å²) in [5.41, 5.74) is 5.27. The number of hydrogen-bond donors (Lipinski definition) is 4. The number of Topliss-reactive ketones (excluding diaryl/α,β-unsaturated/α-hetero) is 1. The van der Waals surface area contributed by atoms with Gasteiger partial charge in [0.05, 0.1) is 6.54 Å². The van der Waals surface area contributed by atoms with Gasteiger partial charge in [-0.05, 0) is 32.1 Å². The van der Waals surface area contributed by atoms with Crippen molar-refractivity contribution in [1.29, 1.82) is 0 Å². The molecule has 8 nitrogen and oxygen atoms in total. The zero-order valence-corrected chi connectivity index (χ0v) is 23.1. The molecule has 1 aliphatic carbocycles. The molecule has 5 N–H and O–H groups in total. The van der Waals surface area contributed by atoms with Crippen LogP contribution in [-0.2, 0) is 19.2 Å². The molecule has 202 valence electrons. The Morgan fingerprint density at radius 1 is 0.914 bits per heavy atom. The van der Waals surface area contributed by atoms with Crippen LogP contribution in [0.5, 0.6) is 0 Å². The van der Waals surface area contributed by atoms with Crippen LogP contribution in [0, 0.1) is 11.8 Å². The highest BCUT2D eigenvalue weighted by molar-refractivity contribution is 5.80. The number of ketones is 1. The first kappa shape index (κ1) is 36.8. The zero-order chi connectivity index (χ0) is 27.6. The lowest BCUT2D eigenvalue weighted by atomic mass is 9.91. The van der Waals surface area contributed by atoms with Crippen molar-refractivity contribution in [3.8, 4) is 0 Å². The molecule has 1 aliphatic rings. The van der Waals surface area contributed by atoms with Gasteiger partial charge >= 0.3 is 0 Å². The number of carbonyl (C=O) groups is 4. The average molecular weight is 495 g/mol. The molecule has 2 rings (SSSR count). The number of carbonyl (C=O) groups excluding carboxylic acids is 4. The predicted octanol–water partition coefficient (Wildman–Crippen LogP) is 3.45. The number of benzene rings is 1. The fourth-order valence-corrected chi connectivity index (χ4v) is 3.01. The molecule has 1 fully saturated rings. The smallest absolute Gasteiger partial charge is 0.233 e. The van der Waals surface area contributed by atoms with Crippen LogP contribution in [0.25, 0.3) is 0 Å². The summed E-state index contributed by atoms with van der Waals surface area (Å²) in [4.78, 5) is 43.7. The van der Waals surface area contributed by atoms with E-state index in [4.69, 9.17) is 5.73 Å². The summed E-state index contributed by atoms with van der Waals surface area (Å²) in [6.07, 6.45) is 3.00. The lowest BCUT2D eigenvalue weighted by molar-refractivity contribution is -0.126. The first-order chi connectivity index (χ1) is 16.7. The number of rotatable bonds is 7. The number of amides is 3. The summed E-state index contributed by atoms with van der Waals surface area (Å²) in [6, 6.07) is 12.1. The van der Waals surface area contributed by atoms with Gasteiger partial charge < -0.3 is 21.7 Å². The van der Waals surface area contributed by atoms with E-state index in [0.29, 0.717) is 13.0 Å². The third-order valence-corrected chi connectivity index (χ3v) is 4.94. The minimum Gasteiger partial charge on any atom is -0.359 e. The van der Waals surface area contributed by atoms with E-state index in [2.05, 4.69) is 16.0 Å². The molecule has 8 heteroatoms. The third kappa shape index (κ3) is 22.8. The predicted molar refractivity (Wildman–Crippen MR) is 145 cm³/mol. The summed E-state index contributed by atoms with van der Waals surface area (Å²) < 4.78 is 0. The van der Waals surface area contributed by atoms with E-state index in [-0.39, 0.29) is 47.9 Å². The van der Waals surface area contributed by atoms with Gasteiger partial charge in [-0.15, -0.1) is 0 Å². The van der Waals surface area contributed by atoms with Crippen LogP contribution in [0.2, 0.25) is 0 Å². The van der Waals surface area contributed by atoms with Crippen LogP contribution in [0.4, 0.5) is 0 Å². The fourth-order valence-electron chi connectivity index (χ4n) is 3.01. The molecule has 0 saturated heterocycles. The summed E-state index contributed by atoms with van der Waals surface area (Å²) in [5.74, 6) is 0.0989. The number of hydrogen-bond acceptors (Lipinski definition) is 5. The monoisotopic (exact) mass is 494 g/mol. The average Bonchev–Trinajstić information content (AvgIpc) is 3.35. The van der Waals surface area contributed by atoms with Crippen molar-refractivity contribution in [1.82, 2.24) is 16.0 Å². The minimum atomic E-state index is -0.144. The van der Waals surface area contributed by atoms with Gasteiger partial charge in [-0.25, -0.2) is 0 Å². The molecule has 0 bridgehead atoms. The van der Waals surface area contributed by atoms with E-state index in [1.54, 1.807) is 7.05 Å². The van der Waals surface area contributed by atoms with E-state index in [0.717, 1.165) is 19.3 Å². The van der Waals surface area contributed by atoms with E-state index in [1.165, 1.54) is 13.8 Å². The molecule has 0 aliphatic heterocycles. The Hall–Kier alpha value is -2.74. The van der Waals surface area contributed by atoms with Crippen molar-refractivity contribution in [3.63, 3.8) is 0 Å². The molecule has 1 aromatic rings. The van der Waals surface area contributed by atoms with E-state index in [1.807, 2.05) is 71.0 Å². The number of nitrogens with two attached hydrogens (primary N) is 1. The highest BCUT2D eigenvalue weighted by Gasteiger charge is 2.32. The highest BCUT2D eigenvalue weighted by Crippen LogP contribution is 2.31. The largest absolute Gasteiger partial charge is 0.359 e. The number of nitrogens with one attached hydrogen (secondary N) is 3. The van der Waals surface area contributed by atoms with Crippen molar-refractivity contribution in [2.24, 2.45) is 17.6 Å². The molecule has 0 spiro atoms. The van der Waals surface area contributed by atoms with Gasteiger partial charge in [-0.3, -0.25) is 19.2 Å². The van der Waals surface area contributed by atoms with Crippen LogP contribution >= 0.6 is 0 Å². The lowest BCUT2D eigenvalue weighted by Gasteiger charge is -2.19. The highest BCUT2D eigenvalue weighted by atomic mass is 16.2. The summed E-state index contributed by atoms with van der Waals surface area (Å²) in [5, 5.41) is 8.05. The Balaban J connectivity index is -0.000000555. The topological polar surface area (TPSA) is 130 Å². The van der Waals surface area contributed by atoms with Crippen LogP contribution in [-0.4, -0.2) is 49.7 Å². The second-order valence-corrected chi connectivity index (χ2v) is 7.53. The van der Waals surface area contributed by atoms with E-state index in [9.17, 15) is 19.2 Å². The van der Waals surface area contributed by atoms with E-state index >= 15 is 0 Å². The van der Waals surface area contributed by atoms with Crippen molar-refractivity contribution in [2.75, 3.05) is 20.1 Å². The molecule has 0 aromatic heterocycles. The van der Waals surface area contributed by atoms with Crippen molar-refractivity contribution in [2.45, 2.75) is 80.2 Å². The van der Waals surface area contributed by atoms with Crippen molar-refractivity contribution in [3.05, 3.63) is 36.4 Å². The summed E-state index contributed by atoms with van der Waals surface area (Å²) >= 11 is 0. The molecule has 0 radical (unpaired) electrons.